The van der Waals surface area contributed by atoms with E-state index in [4.69, 9.17) is 5.73 Å². The molecule has 1 atom stereocenters. The van der Waals surface area contributed by atoms with Crippen LogP contribution in [-0.2, 0) is 6.42 Å². The second-order valence-electron chi connectivity index (χ2n) is 4.40. The zero-order chi connectivity index (χ0) is 13.1. The Labute approximate surface area is 120 Å². The van der Waals surface area contributed by atoms with Crippen LogP contribution in [0.5, 0.6) is 0 Å². The monoisotopic (exact) mass is 324 g/mol. The molecule has 0 aliphatic carbocycles. The summed E-state index contributed by atoms with van der Waals surface area (Å²) in [6, 6.07) is 8.58. The van der Waals surface area contributed by atoms with Crippen molar-refractivity contribution in [3.8, 4) is 10.4 Å². The molecule has 2 aromatic rings. The highest BCUT2D eigenvalue weighted by atomic mass is 79.9. The van der Waals surface area contributed by atoms with Crippen LogP contribution in [0.25, 0.3) is 10.4 Å². The lowest BCUT2D eigenvalue weighted by Gasteiger charge is -2.04. The van der Waals surface area contributed by atoms with Gasteiger partial charge in [0.15, 0.2) is 0 Å². The average Bonchev–Trinajstić information content (AvgIpc) is 2.71. The minimum absolute atomic E-state index is 0.216. The van der Waals surface area contributed by atoms with E-state index < -0.39 is 0 Å². The highest BCUT2D eigenvalue weighted by molar-refractivity contribution is 9.10. The van der Waals surface area contributed by atoms with Gasteiger partial charge < -0.3 is 5.73 Å². The molecule has 0 saturated heterocycles. The van der Waals surface area contributed by atoms with Gasteiger partial charge in [-0.2, -0.15) is 0 Å². The first-order valence-corrected chi connectivity index (χ1v) is 7.69. The molecule has 2 N–H and O–H groups in total. The topological polar surface area (TPSA) is 38.9 Å². The molecule has 96 valence electrons. The number of nitrogens with zero attached hydrogens (tertiary/aromatic N) is 1. The molecule has 4 heteroatoms. The van der Waals surface area contributed by atoms with E-state index in [1.165, 1.54) is 10.4 Å². The summed E-state index contributed by atoms with van der Waals surface area (Å²) in [5, 5.41) is 1.14. The number of aromatic nitrogens is 1. The smallest absolute Gasteiger partial charge is 0.0950 e. The number of hydrogen-bond acceptors (Lipinski definition) is 3. The maximum absolute atomic E-state index is 5.98. The summed E-state index contributed by atoms with van der Waals surface area (Å²) < 4.78 is 1.10. The van der Waals surface area contributed by atoms with Gasteiger partial charge in [-0.25, -0.2) is 4.98 Å². The second kappa shape index (κ2) is 5.95. The van der Waals surface area contributed by atoms with Crippen LogP contribution in [0, 0.1) is 6.92 Å². The van der Waals surface area contributed by atoms with Gasteiger partial charge in [0.25, 0.3) is 0 Å². The number of hydrogen-bond donors (Lipinski definition) is 1. The normalized spacial score (nSPS) is 12.7. The Hall–Kier alpha value is -0.710. The molecule has 1 aromatic carbocycles. The molecule has 0 fully saturated rings. The number of rotatable bonds is 4. The Morgan fingerprint density at radius 2 is 2.00 bits per heavy atom. The zero-order valence-corrected chi connectivity index (χ0v) is 13.0. The van der Waals surface area contributed by atoms with Crippen LogP contribution < -0.4 is 5.73 Å². The van der Waals surface area contributed by atoms with Crippen molar-refractivity contribution in [2.24, 2.45) is 5.73 Å². The minimum atomic E-state index is 0.216. The molecule has 0 saturated carbocycles. The fourth-order valence-electron chi connectivity index (χ4n) is 1.78. The van der Waals surface area contributed by atoms with Crippen molar-refractivity contribution in [2.75, 3.05) is 0 Å². The van der Waals surface area contributed by atoms with Gasteiger partial charge >= 0.3 is 0 Å². The molecular weight excluding hydrogens is 308 g/mol. The SMILES string of the molecule is CCC(N)Cc1nc(C)c(-c2ccc(Br)cc2)s1. The predicted octanol–water partition coefficient (Wildman–Crippen LogP) is 4.16. The Morgan fingerprint density at radius 1 is 1.33 bits per heavy atom. The maximum Gasteiger partial charge on any atom is 0.0950 e. The Balaban J connectivity index is 2.26. The van der Waals surface area contributed by atoms with Crippen molar-refractivity contribution in [3.05, 3.63) is 39.4 Å². The molecule has 2 nitrogen and oxygen atoms in total. The summed E-state index contributed by atoms with van der Waals surface area (Å²) in [7, 11) is 0. The highest BCUT2D eigenvalue weighted by Crippen LogP contribution is 2.31. The molecular formula is C14H17BrN2S. The molecule has 0 spiro atoms. The summed E-state index contributed by atoms with van der Waals surface area (Å²) in [6.45, 7) is 4.18. The molecule has 18 heavy (non-hydrogen) atoms. The number of nitrogens with two attached hydrogens (primary N) is 1. The van der Waals surface area contributed by atoms with Gasteiger partial charge in [0.2, 0.25) is 0 Å². The summed E-state index contributed by atoms with van der Waals surface area (Å²) in [5.41, 5.74) is 8.31. The van der Waals surface area contributed by atoms with Crippen molar-refractivity contribution in [2.45, 2.75) is 32.7 Å². The molecule has 0 radical (unpaired) electrons. The average molecular weight is 325 g/mol. The molecule has 0 bridgehead atoms. The number of benzene rings is 1. The zero-order valence-electron chi connectivity index (χ0n) is 10.6. The van der Waals surface area contributed by atoms with E-state index >= 15 is 0 Å². The van der Waals surface area contributed by atoms with Crippen molar-refractivity contribution >= 4 is 27.3 Å². The number of thiazole rings is 1. The van der Waals surface area contributed by atoms with Gasteiger partial charge in [-0.1, -0.05) is 35.0 Å². The summed E-state index contributed by atoms with van der Waals surface area (Å²) >= 11 is 5.21. The van der Waals surface area contributed by atoms with Crippen LogP contribution in [0.3, 0.4) is 0 Å². The second-order valence-corrected chi connectivity index (χ2v) is 6.40. The summed E-state index contributed by atoms with van der Waals surface area (Å²) in [5.74, 6) is 0. The molecule has 0 amide bonds. The quantitative estimate of drug-likeness (QED) is 0.917. The Bertz CT molecular complexity index is 519. The maximum atomic E-state index is 5.98. The van der Waals surface area contributed by atoms with Crippen LogP contribution >= 0.6 is 27.3 Å². The van der Waals surface area contributed by atoms with E-state index in [0.717, 1.165) is 28.0 Å². The lowest BCUT2D eigenvalue weighted by Crippen LogP contribution is -2.21. The van der Waals surface area contributed by atoms with Gasteiger partial charge in [-0.05, 0) is 31.0 Å². The van der Waals surface area contributed by atoms with E-state index in [2.05, 4.69) is 59.0 Å². The van der Waals surface area contributed by atoms with Crippen LogP contribution in [0.4, 0.5) is 0 Å². The largest absolute Gasteiger partial charge is 0.327 e. The molecule has 0 aliphatic heterocycles. The van der Waals surface area contributed by atoms with Gasteiger partial charge in [-0.15, -0.1) is 11.3 Å². The third-order valence-corrected chi connectivity index (χ3v) is 4.67. The van der Waals surface area contributed by atoms with Gasteiger partial charge in [0.1, 0.15) is 0 Å². The fraction of sp³-hybridized carbons (Fsp3) is 0.357. The van der Waals surface area contributed by atoms with E-state index in [1.54, 1.807) is 11.3 Å². The van der Waals surface area contributed by atoms with Crippen LogP contribution in [0.2, 0.25) is 0 Å². The highest BCUT2D eigenvalue weighted by Gasteiger charge is 2.11. The van der Waals surface area contributed by atoms with Gasteiger partial charge in [-0.3, -0.25) is 0 Å². The predicted molar refractivity (Wildman–Crippen MR) is 82.0 cm³/mol. The molecule has 1 aromatic heterocycles. The van der Waals surface area contributed by atoms with Crippen LogP contribution in [-0.4, -0.2) is 11.0 Å². The van der Waals surface area contributed by atoms with Crippen LogP contribution in [0.15, 0.2) is 28.7 Å². The first-order chi connectivity index (χ1) is 8.60. The standard InChI is InChI=1S/C14H17BrN2S/c1-3-12(16)8-13-17-9(2)14(18-13)10-4-6-11(15)7-5-10/h4-7,12H,3,8,16H2,1-2H3. The van der Waals surface area contributed by atoms with E-state index in [0.29, 0.717) is 0 Å². The number of aryl methyl sites for hydroxylation is 1. The van der Waals surface area contributed by atoms with Crippen molar-refractivity contribution in [1.82, 2.24) is 4.98 Å². The van der Waals surface area contributed by atoms with Crippen molar-refractivity contribution < 1.29 is 0 Å². The third-order valence-electron chi connectivity index (χ3n) is 2.91. The molecule has 1 heterocycles. The Morgan fingerprint density at radius 3 is 2.61 bits per heavy atom. The summed E-state index contributed by atoms with van der Waals surface area (Å²) in [6.07, 6.45) is 1.87. The lowest BCUT2D eigenvalue weighted by atomic mass is 10.1. The van der Waals surface area contributed by atoms with E-state index in [1.807, 2.05) is 0 Å². The summed E-state index contributed by atoms with van der Waals surface area (Å²) in [4.78, 5) is 5.87. The first-order valence-electron chi connectivity index (χ1n) is 6.08. The van der Waals surface area contributed by atoms with Crippen molar-refractivity contribution in [1.29, 1.82) is 0 Å². The first kappa shape index (κ1) is 13.7. The fourth-order valence-corrected chi connectivity index (χ4v) is 3.20. The lowest BCUT2D eigenvalue weighted by molar-refractivity contribution is 0.643. The van der Waals surface area contributed by atoms with Crippen LogP contribution in [0.1, 0.15) is 24.0 Å². The van der Waals surface area contributed by atoms with Gasteiger partial charge in [0.05, 0.1) is 15.6 Å². The molecule has 1 unspecified atom stereocenters. The number of halogens is 1. The minimum Gasteiger partial charge on any atom is -0.327 e. The third kappa shape index (κ3) is 3.19. The van der Waals surface area contributed by atoms with E-state index in [9.17, 15) is 0 Å². The molecule has 2 rings (SSSR count). The van der Waals surface area contributed by atoms with Gasteiger partial charge in [0, 0.05) is 16.9 Å². The van der Waals surface area contributed by atoms with Crippen molar-refractivity contribution in [3.63, 3.8) is 0 Å². The molecule has 0 aliphatic rings. The van der Waals surface area contributed by atoms with E-state index in [-0.39, 0.29) is 6.04 Å². The Kier molecular flexibility index (Phi) is 4.54.